The van der Waals surface area contributed by atoms with Gasteiger partial charge in [0.2, 0.25) is 0 Å². The average Bonchev–Trinajstić information content (AvgIpc) is 2.54. The van der Waals surface area contributed by atoms with E-state index >= 15 is 0 Å². The number of rotatable bonds is 2. The number of thiazole rings is 1. The molecule has 0 unspecified atom stereocenters. The highest BCUT2D eigenvalue weighted by Gasteiger charge is 2.10. The summed E-state index contributed by atoms with van der Waals surface area (Å²) in [5.74, 6) is 0. The molecule has 0 bridgehead atoms. The third-order valence-electron chi connectivity index (χ3n) is 2.53. The molecule has 0 fully saturated rings. The summed E-state index contributed by atoms with van der Waals surface area (Å²) in [4.78, 5) is 1.78. The molecular weight excluding hydrogens is 240 g/mol. The van der Waals surface area contributed by atoms with Gasteiger partial charge in [0.25, 0.3) is 0 Å². The number of nitrogens with one attached hydrogen (secondary N) is 1. The summed E-state index contributed by atoms with van der Waals surface area (Å²) in [6.45, 7) is 4.93. The van der Waals surface area contributed by atoms with Crippen LogP contribution in [0, 0.1) is 12.3 Å². The molecule has 1 aromatic heterocycles. The molecule has 84 valence electrons. The van der Waals surface area contributed by atoms with Gasteiger partial charge in [0.15, 0.2) is 4.80 Å². The number of hydrogen-bond acceptors (Lipinski definition) is 2. The fourth-order valence-corrected chi connectivity index (χ4v) is 2.88. The van der Waals surface area contributed by atoms with E-state index in [1.807, 2.05) is 28.8 Å². The lowest BCUT2D eigenvalue weighted by Gasteiger charge is -2.07. The molecule has 0 amide bonds. The summed E-state index contributed by atoms with van der Waals surface area (Å²) in [5, 5.41) is 8.62. The van der Waals surface area contributed by atoms with E-state index in [0.717, 1.165) is 22.8 Å². The second-order valence-electron chi connectivity index (χ2n) is 3.56. The number of benzene rings is 1. The molecule has 0 spiro atoms. The van der Waals surface area contributed by atoms with Crippen LogP contribution in [-0.2, 0) is 6.54 Å². The Morgan fingerprint density at radius 3 is 2.50 bits per heavy atom. The van der Waals surface area contributed by atoms with Crippen molar-refractivity contribution in [3.8, 4) is 11.3 Å². The first-order valence-electron chi connectivity index (χ1n) is 5.14. The molecule has 0 saturated heterocycles. The van der Waals surface area contributed by atoms with Gasteiger partial charge in [-0.15, -0.1) is 11.3 Å². The van der Waals surface area contributed by atoms with Crippen LogP contribution >= 0.6 is 22.9 Å². The molecular formula is C12H13ClN2S. The Balaban J connectivity index is 2.63. The quantitative estimate of drug-likeness (QED) is 0.845. The molecule has 16 heavy (non-hydrogen) atoms. The van der Waals surface area contributed by atoms with Crippen LogP contribution in [0.2, 0.25) is 5.02 Å². The molecule has 2 rings (SSSR count). The lowest BCUT2D eigenvalue weighted by Crippen LogP contribution is -2.12. The molecule has 0 radical (unpaired) electrons. The minimum Gasteiger partial charge on any atom is -0.317 e. The van der Waals surface area contributed by atoms with Crippen molar-refractivity contribution in [1.82, 2.24) is 4.57 Å². The van der Waals surface area contributed by atoms with E-state index in [-0.39, 0.29) is 0 Å². The van der Waals surface area contributed by atoms with Gasteiger partial charge >= 0.3 is 0 Å². The van der Waals surface area contributed by atoms with Gasteiger partial charge in [-0.2, -0.15) is 0 Å². The van der Waals surface area contributed by atoms with Gasteiger partial charge in [-0.05, 0) is 31.5 Å². The molecule has 0 aliphatic heterocycles. The van der Waals surface area contributed by atoms with E-state index in [2.05, 4.69) is 13.8 Å². The van der Waals surface area contributed by atoms with Crippen LogP contribution in [0.25, 0.3) is 11.3 Å². The summed E-state index contributed by atoms with van der Waals surface area (Å²) in [6, 6.07) is 7.78. The lowest BCUT2D eigenvalue weighted by atomic mass is 10.1. The zero-order valence-corrected chi connectivity index (χ0v) is 10.8. The first-order chi connectivity index (χ1) is 7.63. The molecule has 0 atom stereocenters. The van der Waals surface area contributed by atoms with Crippen LogP contribution in [0.5, 0.6) is 0 Å². The number of nitrogens with zero attached hydrogens (tertiary/aromatic N) is 1. The van der Waals surface area contributed by atoms with E-state index in [9.17, 15) is 0 Å². The Kier molecular flexibility index (Phi) is 3.17. The van der Waals surface area contributed by atoms with E-state index in [0.29, 0.717) is 4.80 Å². The second kappa shape index (κ2) is 4.44. The zero-order valence-electron chi connectivity index (χ0n) is 9.25. The van der Waals surface area contributed by atoms with Crippen molar-refractivity contribution >= 4 is 22.9 Å². The van der Waals surface area contributed by atoms with Crippen molar-refractivity contribution in [2.75, 3.05) is 0 Å². The number of aromatic nitrogens is 1. The molecule has 0 aliphatic rings. The largest absolute Gasteiger partial charge is 0.317 e. The van der Waals surface area contributed by atoms with Gasteiger partial charge in [0.1, 0.15) is 0 Å². The minimum absolute atomic E-state index is 0.602. The van der Waals surface area contributed by atoms with Crippen LogP contribution in [0.15, 0.2) is 24.3 Å². The summed E-state index contributed by atoms with van der Waals surface area (Å²) < 4.78 is 2.02. The third-order valence-corrected chi connectivity index (χ3v) is 3.70. The van der Waals surface area contributed by atoms with E-state index in [1.165, 1.54) is 16.2 Å². The summed E-state index contributed by atoms with van der Waals surface area (Å²) >= 11 is 7.39. The lowest BCUT2D eigenvalue weighted by molar-refractivity contribution is 0.734. The van der Waals surface area contributed by atoms with E-state index < -0.39 is 0 Å². The van der Waals surface area contributed by atoms with Gasteiger partial charge in [0, 0.05) is 16.4 Å². The van der Waals surface area contributed by atoms with Crippen molar-refractivity contribution in [3.05, 3.63) is 39.0 Å². The molecule has 1 heterocycles. The predicted molar refractivity (Wildman–Crippen MR) is 69.0 cm³/mol. The van der Waals surface area contributed by atoms with Crippen LogP contribution in [0.4, 0.5) is 0 Å². The van der Waals surface area contributed by atoms with Gasteiger partial charge in [-0.1, -0.05) is 23.7 Å². The summed E-state index contributed by atoms with van der Waals surface area (Å²) in [5.41, 5.74) is 2.26. The SMILES string of the molecule is CCn1c(-c2ccc(Cl)cc2)c(C)sc1=N. The maximum Gasteiger partial charge on any atom is 0.182 e. The number of aryl methyl sites for hydroxylation is 1. The predicted octanol–water partition coefficient (Wildman–Crippen LogP) is 3.68. The van der Waals surface area contributed by atoms with Crippen molar-refractivity contribution < 1.29 is 0 Å². The van der Waals surface area contributed by atoms with Gasteiger partial charge in [-0.25, -0.2) is 0 Å². The summed E-state index contributed by atoms with van der Waals surface area (Å²) in [6.07, 6.45) is 0. The van der Waals surface area contributed by atoms with Crippen LogP contribution in [0.3, 0.4) is 0 Å². The Morgan fingerprint density at radius 1 is 1.31 bits per heavy atom. The van der Waals surface area contributed by atoms with Gasteiger partial charge in [-0.3, -0.25) is 5.41 Å². The Bertz CT molecular complexity index is 551. The minimum atomic E-state index is 0.602. The standard InChI is InChI=1S/C12H13ClN2S/c1-3-15-11(8(2)16-12(15)14)9-4-6-10(13)7-5-9/h4-7,14H,3H2,1-2H3. The average molecular weight is 253 g/mol. The van der Waals surface area contributed by atoms with Crippen LogP contribution in [0.1, 0.15) is 11.8 Å². The van der Waals surface area contributed by atoms with E-state index in [4.69, 9.17) is 17.0 Å². The highest BCUT2D eigenvalue weighted by atomic mass is 35.5. The highest BCUT2D eigenvalue weighted by Crippen LogP contribution is 2.26. The van der Waals surface area contributed by atoms with E-state index in [1.54, 1.807) is 0 Å². The molecule has 4 heteroatoms. The van der Waals surface area contributed by atoms with Crippen LogP contribution in [-0.4, -0.2) is 4.57 Å². The first kappa shape index (κ1) is 11.4. The molecule has 1 N–H and O–H groups in total. The smallest absolute Gasteiger partial charge is 0.182 e. The fraction of sp³-hybridized carbons (Fsp3) is 0.250. The molecule has 0 saturated carbocycles. The fourth-order valence-electron chi connectivity index (χ4n) is 1.81. The number of hydrogen-bond donors (Lipinski definition) is 1. The zero-order chi connectivity index (χ0) is 11.7. The van der Waals surface area contributed by atoms with Gasteiger partial charge < -0.3 is 4.57 Å². The molecule has 0 aliphatic carbocycles. The topological polar surface area (TPSA) is 28.8 Å². The maximum atomic E-state index is 7.88. The molecule has 2 aromatic rings. The molecule has 1 aromatic carbocycles. The molecule has 2 nitrogen and oxygen atoms in total. The summed E-state index contributed by atoms with van der Waals surface area (Å²) in [7, 11) is 0. The second-order valence-corrected chi connectivity index (χ2v) is 5.20. The van der Waals surface area contributed by atoms with Crippen molar-refractivity contribution in [2.45, 2.75) is 20.4 Å². The Hall–Kier alpha value is -1.06. The normalized spacial score (nSPS) is 10.7. The third kappa shape index (κ3) is 1.93. The van der Waals surface area contributed by atoms with Crippen LogP contribution < -0.4 is 4.80 Å². The van der Waals surface area contributed by atoms with Crippen molar-refractivity contribution in [3.63, 3.8) is 0 Å². The van der Waals surface area contributed by atoms with Crippen molar-refractivity contribution in [1.29, 1.82) is 5.41 Å². The maximum absolute atomic E-state index is 7.88. The highest BCUT2D eigenvalue weighted by molar-refractivity contribution is 7.09. The number of halogens is 1. The van der Waals surface area contributed by atoms with Gasteiger partial charge in [0.05, 0.1) is 5.69 Å². The Morgan fingerprint density at radius 2 is 1.94 bits per heavy atom. The first-order valence-corrected chi connectivity index (χ1v) is 6.33. The van der Waals surface area contributed by atoms with Crippen molar-refractivity contribution in [2.24, 2.45) is 0 Å². The Labute approximate surface area is 104 Å². The monoisotopic (exact) mass is 252 g/mol.